The Bertz CT molecular complexity index is 1020. The first-order chi connectivity index (χ1) is 14.7. The van der Waals surface area contributed by atoms with Gasteiger partial charge in [0.2, 0.25) is 0 Å². The van der Waals surface area contributed by atoms with Gasteiger partial charge in [-0.3, -0.25) is 9.59 Å². The first-order valence-corrected chi connectivity index (χ1v) is 9.52. The number of hydrogen-bond donors (Lipinski definition) is 0. The van der Waals surface area contributed by atoms with Crippen LogP contribution in [0.25, 0.3) is 0 Å². The van der Waals surface area contributed by atoms with E-state index in [9.17, 15) is 45.5 Å². The molecule has 2 fully saturated rings. The summed E-state index contributed by atoms with van der Waals surface area (Å²) >= 11 is 0. The van der Waals surface area contributed by atoms with Crippen molar-refractivity contribution in [1.82, 2.24) is 0 Å². The molecule has 2 aliphatic heterocycles. The highest BCUT2D eigenvalue weighted by Gasteiger charge is 2.75. The van der Waals surface area contributed by atoms with Crippen molar-refractivity contribution in [2.75, 3.05) is 0 Å². The average Bonchev–Trinajstić information content (AvgIpc) is 3.10. The smallest absolute Gasteiger partial charge is 0.393 e. The third-order valence-corrected chi connectivity index (χ3v) is 6.67. The Labute approximate surface area is 175 Å². The average molecular weight is 464 g/mol. The predicted molar refractivity (Wildman–Crippen MR) is 90.1 cm³/mol. The Kier molecular flexibility index (Phi) is 4.73. The zero-order valence-electron chi connectivity index (χ0n) is 16.1. The Morgan fingerprint density at radius 2 is 1.38 bits per heavy atom. The third-order valence-electron chi connectivity index (χ3n) is 6.67. The van der Waals surface area contributed by atoms with Gasteiger partial charge in [0.15, 0.2) is 5.41 Å². The Hall–Kier alpha value is -2.92. The van der Waals surface area contributed by atoms with Gasteiger partial charge in [0.05, 0.1) is 23.0 Å². The predicted octanol–water partition coefficient (Wildman–Crippen LogP) is 4.01. The molecule has 0 N–H and O–H groups in total. The van der Waals surface area contributed by atoms with E-state index >= 15 is 0 Å². The van der Waals surface area contributed by atoms with Crippen LogP contribution in [0.1, 0.15) is 58.4 Å². The lowest BCUT2D eigenvalue weighted by atomic mass is 9.59. The van der Waals surface area contributed by atoms with Gasteiger partial charge in [-0.2, -0.15) is 26.3 Å². The third kappa shape index (κ3) is 2.95. The molecule has 3 aliphatic rings. The molecule has 0 amide bonds. The number of alkyl halides is 6. The molecule has 12 heteroatoms. The summed E-state index contributed by atoms with van der Waals surface area (Å²) in [5.41, 5.74) is -8.14. The molecule has 32 heavy (non-hydrogen) atoms. The number of ether oxygens (including phenoxy) is 2. The van der Waals surface area contributed by atoms with Crippen LogP contribution >= 0.6 is 0 Å². The lowest BCUT2D eigenvalue weighted by Crippen LogP contribution is -2.60. The van der Waals surface area contributed by atoms with E-state index in [4.69, 9.17) is 0 Å². The van der Waals surface area contributed by atoms with Crippen LogP contribution in [0.3, 0.4) is 0 Å². The first-order valence-electron chi connectivity index (χ1n) is 9.52. The van der Waals surface area contributed by atoms with Crippen LogP contribution in [0, 0.1) is 11.3 Å². The maximum absolute atomic E-state index is 14.3. The standard InChI is InChI=1S/C20H14F6O6/c21-19(22,23)18(20(24,25)26,10-1-2-11-12(7-10)15(29)32-14(11)28)9-3-5-17(6-4-9)8-13(27)31-16(17)30/h1-2,7,9H,3-6,8H2. The van der Waals surface area contributed by atoms with Crippen molar-refractivity contribution in [1.29, 1.82) is 0 Å². The summed E-state index contributed by atoms with van der Waals surface area (Å²) in [4.78, 5) is 46.8. The van der Waals surface area contributed by atoms with Gasteiger partial charge in [-0.05, 0) is 49.3 Å². The second-order valence-electron chi connectivity index (χ2n) is 8.23. The number of rotatable bonds is 2. The van der Waals surface area contributed by atoms with Crippen molar-refractivity contribution in [3.8, 4) is 0 Å². The molecular weight excluding hydrogens is 450 g/mol. The molecule has 1 aromatic rings. The maximum Gasteiger partial charge on any atom is 0.407 e. The van der Waals surface area contributed by atoms with Crippen molar-refractivity contribution in [2.24, 2.45) is 11.3 Å². The summed E-state index contributed by atoms with van der Waals surface area (Å²) in [6.07, 6.45) is -14.1. The van der Waals surface area contributed by atoms with E-state index in [1.165, 1.54) is 0 Å². The number of carbonyl (C=O) groups is 4. The van der Waals surface area contributed by atoms with E-state index in [1.54, 1.807) is 0 Å². The van der Waals surface area contributed by atoms with Crippen LogP contribution < -0.4 is 0 Å². The lowest BCUT2D eigenvalue weighted by molar-refractivity contribution is -0.322. The monoisotopic (exact) mass is 464 g/mol. The molecule has 1 aliphatic carbocycles. The SMILES string of the molecule is O=C1CC2(CCC(C(c3ccc4c(c3)C(=O)OC4=O)(C(F)(F)F)C(F)(F)F)CC2)C(=O)O1. The van der Waals surface area contributed by atoms with Gasteiger partial charge in [-0.25, -0.2) is 9.59 Å². The molecule has 172 valence electrons. The van der Waals surface area contributed by atoms with Gasteiger partial charge in [0.25, 0.3) is 0 Å². The van der Waals surface area contributed by atoms with E-state index < -0.39 is 88.9 Å². The molecule has 6 nitrogen and oxygen atoms in total. The van der Waals surface area contributed by atoms with Crippen molar-refractivity contribution in [3.63, 3.8) is 0 Å². The van der Waals surface area contributed by atoms with Crippen molar-refractivity contribution < 1.29 is 55.0 Å². The molecule has 1 saturated heterocycles. The number of halogens is 6. The minimum Gasteiger partial charge on any atom is -0.393 e. The fourth-order valence-corrected chi connectivity index (χ4v) is 5.10. The zero-order chi connectivity index (χ0) is 23.7. The largest absolute Gasteiger partial charge is 0.407 e. The van der Waals surface area contributed by atoms with Gasteiger partial charge >= 0.3 is 36.2 Å². The summed E-state index contributed by atoms with van der Waals surface area (Å²) < 4.78 is 94.7. The van der Waals surface area contributed by atoms with Crippen molar-refractivity contribution in [3.05, 3.63) is 34.9 Å². The van der Waals surface area contributed by atoms with Crippen LogP contribution in [-0.4, -0.2) is 36.2 Å². The minimum atomic E-state index is -5.83. The first kappa shape index (κ1) is 22.3. The van der Waals surface area contributed by atoms with Crippen LogP contribution in [0.15, 0.2) is 18.2 Å². The second kappa shape index (κ2) is 6.79. The summed E-state index contributed by atoms with van der Waals surface area (Å²) in [5.74, 6) is -6.34. The quantitative estimate of drug-likeness (QED) is 0.374. The number of hydrogen-bond acceptors (Lipinski definition) is 6. The Balaban J connectivity index is 1.82. The summed E-state index contributed by atoms with van der Waals surface area (Å²) in [7, 11) is 0. The molecule has 0 aromatic heterocycles. The number of esters is 4. The summed E-state index contributed by atoms with van der Waals surface area (Å²) in [6, 6.07) is 1.64. The number of cyclic esters (lactones) is 4. The molecule has 1 spiro atoms. The molecule has 2 heterocycles. The number of benzene rings is 1. The molecular formula is C20H14F6O6. The van der Waals surface area contributed by atoms with Crippen LogP contribution in [0.2, 0.25) is 0 Å². The number of carbonyl (C=O) groups excluding carboxylic acids is 4. The fraction of sp³-hybridized carbons (Fsp3) is 0.500. The van der Waals surface area contributed by atoms with Gasteiger partial charge in [-0.1, -0.05) is 6.07 Å². The molecule has 0 bridgehead atoms. The van der Waals surface area contributed by atoms with E-state index in [-0.39, 0.29) is 12.8 Å². The van der Waals surface area contributed by atoms with Crippen molar-refractivity contribution >= 4 is 23.9 Å². The van der Waals surface area contributed by atoms with Gasteiger partial charge in [0, 0.05) is 0 Å². The molecule has 1 aromatic carbocycles. The van der Waals surface area contributed by atoms with Gasteiger partial charge in [-0.15, -0.1) is 0 Å². The minimum absolute atomic E-state index is 0.387. The lowest BCUT2D eigenvalue weighted by Gasteiger charge is -2.47. The summed E-state index contributed by atoms with van der Waals surface area (Å²) in [6.45, 7) is 0. The van der Waals surface area contributed by atoms with Crippen LogP contribution in [0.5, 0.6) is 0 Å². The summed E-state index contributed by atoms with van der Waals surface area (Å²) in [5, 5.41) is 0. The highest BCUT2D eigenvalue weighted by Crippen LogP contribution is 2.62. The maximum atomic E-state index is 14.3. The zero-order valence-corrected chi connectivity index (χ0v) is 16.1. The van der Waals surface area contributed by atoms with Gasteiger partial charge in [0.1, 0.15) is 0 Å². The fourth-order valence-electron chi connectivity index (χ4n) is 5.10. The van der Waals surface area contributed by atoms with Crippen LogP contribution in [-0.2, 0) is 24.5 Å². The van der Waals surface area contributed by atoms with Crippen molar-refractivity contribution in [2.45, 2.75) is 49.9 Å². The highest BCUT2D eigenvalue weighted by atomic mass is 19.4. The van der Waals surface area contributed by atoms with E-state index in [0.29, 0.717) is 18.2 Å². The Morgan fingerprint density at radius 1 is 0.812 bits per heavy atom. The highest BCUT2D eigenvalue weighted by molar-refractivity contribution is 6.14. The number of fused-ring (bicyclic) bond motifs is 1. The van der Waals surface area contributed by atoms with Gasteiger partial charge < -0.3 is 9.47 Å². The van der Waals surface area contributed by atoms with E-state index in [1.807, 2.05) is 0 Å². The molecule has 4 rings (SSSR count). The molecule has 0 unspecified atom stereocenters. The molecule has 0 atom stereocenters. The normalized spacial score (nSPS) is 26.4. The second-order valence-corrected chi connectivity index (χ2v) is 8.23. The van der Waals surface area contributed by atoms with Crippen LogP contribution in [0.4, 0.5) is 26.3 Å². The molecule has 1 saturated carbocycles. The topological polar surface area (TPSA) is 86.7 Å². The molecule has 0 radical (unpaired) electrons. The Morgan fingerprint density at radius 3 is 1.88 bits per heavy atom. The van der Waals surface area contributed by atoms with E-state index in [2.05, 4.69) is 9.47 Å². The van der Waals surface area contributed by atoms with E-state index in [0.717, 1.165) is 0 Å².